The molecule has 0 fully saturated rings. The highest BCUT2D eigenvalue weighted by Gasteiger charge is 2.23. The number of hydrogen-bond acceptors (Lipinski definition) is 5. The zero-order valence-electron chi connectivity index (χ0n) is 12.4. The van der Waals surface area contributed by atoms with Crippen LogP contribution in [0.3, 0.4) is 0 Å². The number of fused-ring (bicyclic) bond motifs is 2. The maximum Gasteiger partial charge on any atom is 0.246 e. The molecule has 3 aromatic rings. The summed E-state index contributed by atoms with van der Waals surface area (Å²) >= 11 is 0. The van der Waals surface area contributed by atoms with Crippen LogP contribution in [0.2, 0.25) is 0 Å². The molecule has 0 saturated carbocycles. The Balaban J connectivity index is 1.52. The van der Waals surface area contributed by atoms with Gasteiger partial charge in [-0.3, -0.25) is 9.78 Å². The quantitative estimate of drug-likeness (QED) is 0.801. The molecule has 6 heteroatoms. The van der Waals surface area contributed by atoms with E-state index < -0.39 is 0 Å². The molecule has 0 aliphatic carbocycles. The van der Waals surface area contributed by atoms with Crippen molar-refractivity contribution in [3.8, 4) is 0 Å². The molecule has 1 aliphatic heterocycles. The number of rotatable bonds is 3. The van der Waals surface area contributed by atoms with Gasteiger partial charge < -0.3 is 10.2 Å². The molecule has 0 radical (unpaired) electrons. The van der Waals surface area contributed by atoms with Gasteiger partial charge in [-0.1, -0.05) is 18.2 Å². The Kier molecular flexibility index (Phi) is 3.34. The summed E-state index contributed by atoms with van der Waals surface area (Å²) < 4.78 is 0. The minimum atomic E-state index is 0.0330. The third-order valence-corrected chi connectivity index (χ3v) is 4.03. The molecule has 1 aromatic carbocycles. The molecule has 1 amide bonds. The second-order valence-corrected chi connectivity index (χ2v) is 5.39. The standard InChI is InChI=1S/C17H15N5O/c23-16(22-8-6-12-3-1-2-4-15(12)22)10-19-17-13-9-18-7-5-14(13)20-11-21-17/h1-5,7,9,11H,6,8,10H2,(H,19,20,21). The first-order valence-electron chi connectivity index (χ1n) is 7.50. The lowest BCUT2D eigenvalue weighted by atomic mass is 10.2. The van der Waals surface area contributed by atoms with Crippen LogP contribution < -0.4 is 10.2 Å². The molecule has 1 N–H and O–H groups in total. The SMILES string of the molecule is O=C(CNc1ncnc2ccncc12)N1CCc2ccccc21. The summed E-state index contributed by atoms with van der Waals surface area (Å²) in [5.41, 5.74) is 3.03. The third-order valence-electron chi connectivity index (χ3n) is 4.03. The number of para-hydroxylation sites is 1. The first kappa shape index (κ1) is 13.6. The molecule has 4 rings (SSSR count). The molecular formula is C17H15N5O. The van der Waals surface area contributed by atoms with Crippen molar-refractivity contribution in [1.82, 2.24) is 15.0 Å². The van der Waals surface area contributed by atoms with Crippen LogP contribution in [0.4, 0.5) is 11.5 Å². The van der Waals surface area contributed by atoms with Crippen molar-refractivity contribution in [3.63, 3.8) is 0 Å². The zero-order valence-corrected chi connectivity index (χ0v) is 12.4. The molecule has 3 heterocycles. The van der Waals surface area contributed by atoms with Crippen LogP contribution in [0.5, 0.6) is 0 Å². The van der Waals surface area contributed by atoms with Crippen LogP contribution in [0, 0.1) is 0 Å². The number of hydrogen-bond donors (Lipinski definition) is 1. The van der Waals surface area contributed by atoms with Gasteiger partial charge >= 0.3 is 0 Å². The van der Waals surface area contributed by atoms with Gasteiger partial charge in [-0.25, -0.2) is 9.97 Å². The van der Waals surface area contributed by atoms with Crippen LogP contribution >= 0.6 is 0 Å². The van der Waals surface area contributed by atoms with Crippen LogP contribution in [-0.2, 0) is 11.2 Å². The topological polar surface area (TPSA) is 71.0 Å². The number of nitrogens with one attached hydrogen (secondary N) is 1. The first-order valence-corrected chi connectivity index (χ1v) is 7.50. The average molecular weight is 305 g/mol. The highest BCUT2D eigenvalue weighted by atomic mass is 16.2. The summed E-state index contributed by atoms with van der Waals surface area (Å²) in [4.78, 5) is 26.8. The van der Waals surface area contributed by atoms with Crippen LogP contribution in [-0.4, -0.2) is 33.9 Å². The van der Waals surface area contributed by atoms with E-state index in [1.807, 2.05) is 29.2 Å². The summed E-state index contributed by atoms with van der Waals surface area (Å²) in [5.74, 6) is 0.662. The number of amides is 1. The predicted octanol–water partition coefficient (Wildman–Crippen LogP) is 2.03. The van der Waals surface area contributed by atoms with E-state index in [4.69, 9.17) is 0 Å². The number of nitrogens with zero attached hydrogens (tertiary/aromatic N) is 4. The Morgan fingerprint density at radius 2 is 2.13 bits per heavy atom. The second-order valence-electron chi connectivity index (χ2n) is 5.39. The summed E-state index contributed by atoms with van der Waals surface area (Å²) in [6.07, 6.45) is 5.78. The van der Waals surface area contributed by atoms with Crippen molar-refractivity contribution in [2.75, 3.05) is 23.3 Å². The Hall–Kier alpha value is -3.02. The maximum absolute atomic E-state index is 12.5. The lowest BCUT2D eigenvalue weighted by Gasteiger charge is -2.18. The van der Waals surface area contributed by atoms with Gasteiger partial charge in [-0.2, -0.15) is 0 Å². The minimum absolute atomic E-state index is 0.0330. The number of aromatic nitrogens is 3. The Labute approximate surface area is 133 Å². The van der Waals surface area contributed by atoms with Gasteiger partial charge in [0.15, 0.2) is 0 Å². The van der Waals surface area contributed by atoms with Crippen molar-refractivity contribution in [1.29, 1.82) is 0 Å². The Morgan fingerprint density at radius 1 is 1.22 bits per heavy atom. The molecule has 6 nitrogen and oxygen atoms in total. The highest BCUT2D eigenvalue weighted by molar-refractivity contribution is 5.99. The molecule has 114 valence electrons. The van der Waals surface area contributed by atoms with Crippen molar-refractivity contribution in [3.05, 3.63) is 54.6 Å². The Morgan fingerprint density at radius 3 is 3.09 bits per heavy atom. The lowest BCUT2D eigenvalue weighted by molar-refractivity contribution is -0.116. The third kappa shape index (κ3) is 2.48. The van der Waals surface area contributed by atoms with E-state index in [0.717, 1.165) is 29.6 Å². The maximum atomic E-state index is 12.5. The van der Waals surface area contributed by atoms with Crippen LogP contribution in [0.15, 0.2) is 49.1 Å². The van der Waals surface area contributed by atoms with Crippen molar-refractivity contribution >= 4 is 28.3 Å². The number of carbonyl (C=O) groups is 1. The van der Waals surface area contributed by atoms with Gasteiger partial charge in [0, 0.05) is 24.6 Å². The molecule has 0 unspecified atom stereocenters. The number of anilines is 2. The molecule has 0 saturated heterocycles. The smallest absolute Gasteiger partial charge is 0.246 e. The van der Waals surface area contributed by atoms with Crippen molar-refractivity contribution < 1.29 is 4.79 Å². The number of pyridine rings is 1. The van der Waals surface area contributed by atoms with E-state index in [0.29, 0.717) is 5.82 Å². The van der Waals surface area contributed by atoms with E-state index >= 15 is 0 Å². The Bertz CT molecular complexity index is 874. The van der Waals surface area contributed by atoms with Gasteiger partial charge in [0.05, 0.1) is 17.4 Å². The summed E-state index contributed by atoms with van der Waals surface area (Å²) in [6.45, 7) is 0.918. The fourth-order valence-corrected chi connectivity index (χ4v) is 2.89. The first-order chi connectivity index (χ1) is 11.3. The molecule has 0 atom stereocenters. The second kappa shape index (κ2) is 5.64. The van der Waals surface area contributed by atoms with Gasteiger partial charge in [0.1, 0.15) is 12.1 Å². The van der Waals surface area contributed by atoms with E-state index in [1.54, 1.807) is 12.4 Å². The monoisotopic (exact) mass is 305 g/mol. The van der Waals surface area contributed by atoms with E-state index in [1.165, 1.54) is 11.9 Å². The molecule has 2 aromatic heterocycles. The number of benzene rings is 1. The minimum Gasteiger partial charge on any atom is -0.360 e. The van der Waals surface area contributed by atoms with Gasteiger partial charge in [-0.05, 0) is 24.1 Å². The van der Waals surface area contributed by atoms with Gasteiger partial charge in [-0.15, -0.1) is 0 Å². The largest absolute Gasteiger partial charge is 0.360 e. The molecule has 23 heavy (non-hydrogen) atoms. The molecule has 1 aliphatic rings. The van der Waals surface area contributed by atoms with E-state index in [2.05, 4.69) is 26.3 Å². The van der Waals surface area contributed by atoms with Crippen molar-refractivity contribution in [2.45, 2.75) is 6.42 Å². The normalized spacial score (nSPS) is 13.1. The van der Waals surface area contributed by atoms with E-state index in [-0.39, 0.29) is 12.5 Å². The fraction of sp³-hybridized carbons (Fsp3) is 0.176. The highest BCUT2D eigenvalue weighted by Crippen LogP contribution is 2.27. The molecule has 0 spiro atoms. The van der Waals surface area contributed by atoms with Crippen LogP contribution in [0.25, 0.3) is 10.9 Å². The van der Waals surface area contributed by atoms with E-state index in [9.17, 15) is 4.79 Å². The molecule has 0 bridgehead atoms. The fourth-order valence-electron chi connectivity index (χ4n) is 2.89. The summed E-state index contributed by atoms with van der Waals surface area (Å²) in [5, 5.41) is 3.92. The predicted molar refractivity (Wildman–Crippen MR) is 88.3 cm³/mol. The van der Waals surface area contributed by atoms with Crippen LogP contribution in [0.1, 0.15) is 5.56 Å². The van der Waals surface area contributed by atoms with Gasteiger partial charge in [0.2, 0.25) is 5.91 Å². The lowest BCUT2D eigenvalue weighted by Crippen LogP contribution is -2.34. The summed E-state index contributed by atoms with van der Waals surface area (Å²) in [7, 11) is 0. The summed E-state index contributed by atoms with van der Waals surface area (Å²) in [6, 6.07) is 9.84. The number of carbonyl (C=O) groups excluding carboxylic acids is 1. The average Bonchev–Trinajstić information content (AvgIpc) is 3.04. The van der Waals surface area contributed by atoms with Gasteiger partial charge in [0.25, 0.3) is 0 Å². The molecular weight excluding hydrogens is 290 g/mol. The zero-order chi connectivity index (χ0) is 15.6. The van der Waals surface area contributed by atoms with Crippen molar-refractivity contribution in [2.24, 2.45) is 0 Å².